The molecular formula is C25H19N3O4. The summed E-state index contributed by atoms with van der Waals surface area (Å²) in [6.07, 6.45) is 1.61. The lowest BCUT2D eigenvalue weighted by atomic mass is 10.0. The van der Waals surface area contributed by atoms with Gasteiger partial charge in [-0.25, -0.2) is 4.79 Å². The third-order valence-electron chi connectivity index (χ3n) is 4.84. The van der Waals surface area contributed by atoms with Gasteiger partial charge in [0.25, 0.3) is 5.69 Å². The molecule has 0 spiro atoms. The highest BCUT2D eigenvalue weighted by molar-refractivity contribution is 6.03. The number of non-ortho nitro benzene ring substituents is 1. The van der Waals surface area contributed by atoms with E-state index < -0.39 is 10.9 Å². The van der Waals surface area contributed by atoms with Crippen molar-refractivity contribution in [2.24, 2.45) is 5.10 Å². The molecule has 0 aliphatic heterocycles. The molecule has 1 N–H and O–H groups in total. The summed E-state index contributed by atoms with van der Waals surface area (Å²) >= 11 is 0. The van der Waals surface area contributed by atoms with E-state index in [0.717, 1.165) is 16.3 Å². The molecule has 0 bridgehead atoms. The highest BCUT2D eigenvalue weighted by atomic mass is 16.6. The zero-order valence-electron chi connectivity index (χ0n) is 17.0. The average molecular weight is 425 g/mol. The van der Waals surface area contributed by atoms with Crippen molar-refractivity contribution in [1.82, 2.24) is 5.43 Å². The minimum absolute atomic E-state index is 0.0949. The van der Waals surface area contributed by atoms with Gasteiger partial charge < -0.3 is 10.2 Å². The lowest BCUT2D eigenvalue weighted by molar-refractivity contribution is -0.384. The van der Waals surface area contributed by atoms with Crippen LogP contribution in [0.3, 0.4) is 0 Å². The van der Waals surface area contributed by atoms with Crippen molar-refractivity contribution >= 4 is 28.6 Å². The molecule has 0 saturated heterocycles. The number of esters is 1. The zero-order chi connectivity index (χ0) is 22.3. The molecule has 32 heavy (non-hydrogen) atoms. The van der Waals surface area contributed by atoms with Gasteiger partial charge in [-0.1, -0.05) is 66.7 Å². The van der Waals surface area contributed by atoms with Gasteiger partial charge in [-0.05, 0) is 28.5 Å². The number of fused-ring (bicyclic) bond motifs is 1. The monoisotopic (exact) mass is 425 g/mol. The van der Waals surface area contributed by atoms with Crippen molar-refractivity contribution in [2.75, 3.05) is 0 Å². The number of benzene rings is 4. The van der Waals surface area contributed by atoms with Crippen molar-refractivity contribution in [3.63, 3.8) is 0 Å². The molecule has 0 fully saturated rings. The van der Waals surface area contributed by atoms with E-state index in [1.807, 2.05) is 60.7 Å². The summed E-state index contributed by atoms with van der Waals surface area (Å²) in [7, 11) is 0. The smallest absolute Gasteiger partial charge is 0.343 e. The molecule has 4 aromatic carbocycles. The quantitative estimate of drug-likeness (QED) is 0.146. The van der Waals surface area contributed by atoms with Crippen LogP contribution < -0.4 is 10.2 Å². The van der Waals surface area contributed by atoms with E-state index in [1.54, 1.807) is 12.3 Å². The van der Waals surface area contributed by atoms with Crippen LogP contribution in [0.15, 0.2) is 96.1 Å². The number of carbonyl (C=O) groups is 1. The van der Waals surface area contributed by atoms with Crippen LogP contribution in [0.5, 0.6) is 5.75 Å². The fourth-order valence-corrected chi connectivity index (χ4v) is 3.25. The molecule has 0 radical (unpaired) electrons. The molecule has 0 aromatic heterocycles. The van der Waals surface area contributed by atoms with Crippen LogP contribution in [-0.4, -0.2) is 17.1 Å². The number of hydrogen-bond acceptors (Lipinski definition) is 6. The first-order valence-electron chi connectivity index (χ1n) is 9.90. The van der Waals surface area contributed by atoms with E-state index in [9.17, 15) is 14.9 Å². The Balaban J connectivity index is 1.61. The summed E-state index contributed by atoms with van der Waals surface area (Å²) in [5.41, 5.74) is 4.63. The van der Waals surface area contributed by atoms with Gasteiger partial charge in [-0.2, -0.15) is 5.10 Å². The second-order valence-electron chi connectivity index (χ2n) is 6.97. The summed E-state index contributed by atoms with van der Waals surface area (Å²) in [5.74, 6) is -0.374. The Labute approximate surface area is 184 Å². The Morgan fingerprint density at radius 1 is 0.969 bits per heavy atom. The largest absolute Gasteiger partial charge is 0.422 e. The predicted octanol–water partition coefficient (Wildman–Crippen LogP) is 5.09. The number of hydrogen-bond donors (Lipinski definition) is 1. The van der Waals surface area contributed by atoms with Crippen molar-refractivity contribution in [3.05, 3.63) is 118 Å². The Bertz CT molecular complexity index is 1300. The molecule has 0 aliphatic carbocycles. The van der Waals surface area contributed by atoms with E-state index in [1.165, 1.54) is 24.3 Å². The number of nitrogens with zero attached hydrogens (tertiary/aromatic N) is 2. The number of hydrazone groups is 1. The van der Waals surface area contributed by atoms with Gasteiger partial charge in [0.15, 0.2) is 0 Å². The maximum Gasteiger partial charge on any atom is 0.343 e. The third kappa shape index (κ3) is 4.79. The van der Waals surface area contributed by atoms with Gasteiger partial charge >= 0.3 is 5.97 Å². The Morgan fingerprint density at radius 3 is 2.56 bits per heavy atom. The molecule has 0 unspecified atom stereocenters. The maximum absolute atomic E-state index is 12.7. The highest BCUT2D eigenvalue weighted by Crippen LogP contribution is 2.28. The zero-order valence-corrected chi connectivity index (χ0v) is 17.0. The Kier molecular flexibility index (Phi) is 6.17. The fraction of sp³-hybridized carbons (Fsp3) is 0.0400. The summed E-state index contributed by atoms with van der Waals surface area (Å²) in [4.78, 5) is 23.1. The van der Waals surface area contributed by atoms with Gasteiger partial charge in [0.1, 0.15) is 5.75 Å². The van der Waals surface area contributed by atoms with Crippen molar-refractivity contribution in [3.8, 4) is 5.75 Å². The van der Waals surface area contributed by atoms with Crippen molar-refractivity contribution in [1.29, 1.82) is 0 Å². The second-order valence-corrected chi connectivity index (χ2v) is 6.97. The molecular weight excluding hydrogens is 406 g/mol. The molecule has 0 aliphatic rings. The topological polar surface area (TPSA) is 93.8 Å². The summed E-state index contributed by atoms with van der Waals surface area (Å²) in [6.45, 7) is 0.547. The molecule has 0 saturated carbocycles. The number of ether oxygens (including phenoxy) is 1. The highest BCUT2D eigenvalue weighted by Gasteiger charge is 2.16. The molecule has 0 amide bonds. The lowest BCUT2D eigenvalue weighted by Crippen LogP contribution is -2.11. The first-order chi connectivity index (χ1) is 15.6. The summed E-state index contributed by atoms with van der Waals surface area (Å²) in [5, 5.41) is 17.2. The number of carbonyl (C=O) groups excluding carboxylic acids is 1. The normalized spacial score (nSPS) is 10.9. The van der Waals surface area contributed by atoms with Crippen LogP contribution in [0.4, 0.5) is 5.69 Å². The number of nitro benzene ring substituents is 1. The Hall–Kier alpha value is -4.52. The SMILES string of the molecule is O=C(Oc1ccc2ccccc2c1/C=N\NCc1ccccc1)c1cccc([N+](=O)[O-])c1. The van der Waals surface area contributed by atoms with Crippen LogP contribution >= 0.6 is 0 Å². The van der Waals surface area contributed by atoms with Gasteiger partial charge in [0.05, 0.1) is 23.2 Å². The summed E-state index contributed by atoms with van der Waals surface area (Å²) in [6, 6.07) is 26.5. The van der Waals surface area contributed by atoms with Gasteiger partial charge in [-0.15, -0.1) is 0 Å². The minimum Gasteiger partial charge on any atom is -0.422 e. The van der Waals surface area contributed by atoms with Crippen molar-refractivity contribution < 1.29 is 14.5 Å². The fourth-order valence-electron chi connectivity index (χ4n) is 3.25. The van der Waals surface area contributed by atoms with Gasteiger partial charge in [-0.3, -0.25) is 10.1 Å². The van der Waals surface area contributed by atoms with Gasteiger partial charge in [0, 0.05) is 17.7 Å². The van der Waals surface area contributed by atoms with E-state index in [2.05, 4.69) is 10.5 Å². The van der Waals surface area contributed by atoms with E-state index in [4.69, 9.17) is 4.74 Å². The van der Waals surface area contributed by atoms with Crippen LogP contribution in [0.25, 0.3) is 10.8 Å². The summed E-state index contributed by atoms with van der Waals surface area (Å²) < 4.78 is 5.61. The van der Waals surface area contributed by atoms with Gasteiger partial charge in [0.2, 0.25) is 0 Å². The average Bonchev–Trinajstić information content (AvgIpc) is 2.83. The maximum atomic E-state index is 12.7. The molecule has 7 nitrogen and oxygen atoms in total. The number of nitro groups is 1. The van der Waals surface area contributed by atoms with Crippen LogP contribution in [-0.2, 0) is 6.54 Å². The molecule has 7 heteroatoms. The lowest BCUT2D eigenvalue weighted by Gasteiger charge is -2.11. The predicted molar refractivity (Wildman–Crippen MR) is 123 cm³/mol. The standard InChI is InChI=1S/C25H19N3O4/c29-25(20-10-6-11-21(15-20)28(30)31)32-24-14-13-19-9-4-5-12-22(19)23(24)17-27-26-16-18-7-2-1-3-8-18/h1-15,17,26H,16H2/b27-17-. The number of nitrogens with one attached hydrogen (secondary N) is 1. The van der Waals surface area contributed by atoms with Crippen molar-refractivity contribution in [2.45, 2.75) is 6.54 Å². The van der Waals surface area contributed by atoms with E-state index in [0.29, 0.717) is 17.9 Å². The van der Waals surface area contributed by atoms with E-state index >= 15 is 0 Å². The molecule has 4 rings (SSSR count). The second kappa shape index (κ2) is 9.53. The third-order valence-corrected chi connectivity index (χ3v) is 4.84. The molecule has 0 heterocycles. The first kappa shape index (κ1) is 20.7. The first-order valence-corrected chi connectivity index (χ1v) is 9.90. The van der Waals surface area contributed by atoms with Crippen LogP contribution in [0.2, 0.25) is 0 Å². The van der Waals surface area contributed by atoms with Crippen LogP contribution in [0, 0.1) is 10.1 Å². The van der Waals surface area contributed by atoms with E-state index in [-0.39, 0.29) is 11.3 Å². The Morgan fingerprint density at radius 2 is 1.75 bits per heavy atom. The minimum atomic E-state index is -0.684. The number of rotatable bonds is 7. The molecule has 4 aromatic rings. The molecule has 0 atom stereocenters. The van der Waals surface area contributed by atoms with Crippen LogP contribution in [0.1, 0.15) is 21.5 Å². The molecule has 158 valence electrons.